The molecular formula is C20H19ClN4O2S. The molecule has 0 atom stereocenters. The van der Waals surface area contributed by atoms with Crippen LogP contribution in [-0.4, -0.2) is 34.0 Å². The van der Waals surface area contributed by atoms with Crippen LogP contribution in [0, 0.1) is 0 Å². The van der Waals surface area contributed by atoms with Crippen LogP contribution in [0.25, 0.3) is 21.3 Å². The molecule has 0 fully saturated rings. The van der Waals surface area contributed by atoms with Gasteiger partial charge in [-0.2, -0.15) is 0 Å². The number of anilines is 2. The molecule has 0 spiro atoms. The van der Waals surface area contributed by atoms with Crippen molar-refractivity contribution in [1.29, 1.82) is 0 Å². The molecule has 0 amide bonds. The van der Waals surface area contributed by atoms with Crippen molar-refractivity contribution in [1.82, 2.24) is 14.5 Å². The summed E-state index contributed by atoms with van der Waals surface area (Å²) in [6, 6.07) is 11.2. The highest BCUT2D eigenvalue weighted by Crippen LogP contribution is 2.31. The van der Waals surface area contributed by atoms with Crippen molar-refractivity contribution in [3.63, 3.8) is 0 Å². The van der Waals surface area contributed by atoms with Crippen LogP contribution in [0.3, 0.4) is 0 Å². The van der Waals surface area contributed by atoms with Crippen molar-refractivity contribution in [2.75, 3.05) is 19.0 Å². The summed E-state index contributed by atoms with van der Waals surface area (Å²) in [6.45, 7) is 0.582. The van der Waals surface area contributed by atoms with Crippen LogP contribution in [-0.2, 0) is 11.8 Å². The Morgan fingerprint density at radius 3 is 2.89 bits per heavy atom. The molecule has 0 bridgehead atoms. The summed E-state index contributed by atoms with van der Waals surface area (Å²) in [5.41, 5.74) is 3.27. The minimum atomic E-state index is 0.0992. The molecule has 0 radical (unpaired) electrons. The summed E-state index contributed by atoms with van der Waals surface area (Å²) in [7, 11) is 3.57. The van der Waals surface area contributed by atoms with Crippen molar-refractivity contribution in [2.45, 2.75) is 12.8 Å². The highest BCUT2D eigenvalue weighted by atomic mass is 35.5. The van der Waals surface area contributed by atoms with Crippen molar-refractivity contribution in [3.05, 3.63) is 47.0 Å². The molecular weight excluding hydrogens is 396 g/mol. The zero-order valence-electron chi connectivity index (χ0n) is 15.5. The van der Waals surface area contributed by atoms with Gasteiger partial charge in [0.15, 0.2) is 10.9 Å². The van der Waals surface area contributed by atoms with E-state index in [1.54, 1.807) is 7.11 Å². The number of halogens is 1. The Kier molecular flexibility index (Phi) is 5.30. The minimum absolute atomic E-state index is 0.0992. The van der Waals surface area contributed by atoms with Gasteiger partial charge in [-0.25, -0.2) is 9.97 Å². The maximum Gasteiger partial charge on any atom is 0.209 e. The predicted molar refractivity (Wildman–Crippen MR) is 114 cm³/mol. The third kappa shape index (κ3) is 3.73. The van der Waals surface area contributed by atoms with Crippen molar-refractivity contribution >= 4 is 61.1 Å². The largest absolute Gasteiger partial charge is 0.385 e. The third-order valence-corrected chi connectivity index (χ3v) is 5.69. The number of carbonyl (C=O) groups excluding carboxylic acids is 1. The van der Waals surface area contributed by atoms with Gasteiger partial charge in [-0.15, -0.1) is 0 Å². The quantitative estimate of drug-likeness (QED) is 0.333. The van der Waals surface area contributed by atoms with E-state index < -0.39 is 0 Å². The molecule has 4 aromatic rings. The molecule has 0 saturated carbocycles. The smallest absolute Gasteiger partial charge is 0.209 e. The number of ether oxygens (including phenoxy) is 1. The van der Waals surface area contributed by atoms with Gasteiger partial charge in [0.1, 0.15) is 0 Å². The van der Waals surface area contributed by atoms with Gasteiger partial charge in [0, 0.05) is 37.8 Å². The molecule has 2 heterocycles. The third-order valence-electron chi connectivity index (χ3n) is 4.52. The van der Waals surface area contributed by atoms with Crippen LogP contribution in [0.1, 0.15) is 23.2 Å². The normalized spacial score (nSPS) is 11.4. The predicted octanol–water partition coefficient (Wildman–Crippen LogP) is 5.19. The van der Waals surface area contributed by atoms with Gasteiger partial charge in [-0.05, 0) is 42.8 Å². The standard InChI is InChI=1S/C20H19ClN4O2S/c1-25-16-8-5-12(17(26)4-3-9-27-2)10-15(16)22-19(25)24-20-23-14-7-6-13(21)11-18(14)28-20/h5-8,10-11H,3-4,9H2,1-2H3,(H,22,23,24). The zero-order valence-corrected chi connectivity index (χ0v) is 17.1. The van der Waals surface area contributed by atoms with E-state index in [2.05, 4.69) is 15.3 Å². The van der Waals surface area contributed by atoms with E-state index in [4.69, 9.17) is 16.3 Å². The van der Waals surface area contributed by atoms with Crippen LogP contribution >= 0.6 is 22.9 Å². The maximum absolute atomic E-state index is 12.3. The summed E-state index contributed by atoms with van der Waals surface area (Å²) in [5, 5.41) is 4.71. The number of nitrogens with one attached hydrogen (secondary N) is 1. The van der Waals surface area contributed by atoms with Gasteiger partial charge in [-0.1, -0.05) is 22.9 Å². The van der Waals surface area contributed by atoms with Gasteiger partial charge < -0.3 is 14.6 Å². The lowest BCUT2D eigenvalue weighted by Crippen LogP contribution is -2.01. The number of nitrogens with zero attached hydrogens (tertiary/aromatic N) is 3. The fourth-order valence-corrected chi connectivity index (χ4v) is 4.19. The fraction of sp³-hybridized carbons (Fsp3) is 0.250. The number of carbonyl (C=O) groups is 1. The Balaban J connectivity index is 1.60. The zero-order chi connectivity index (χ0) is 19.7. The Bertz CT molecular complexity index is 1170. The van der Waals surface area contributed by atoms with Gasteiger partial charge in [-0.3, -0.25) is 4.79 Å². The van der Waals surface area contributed by atoms with Crippen molar-refractivity contribution < 1.29 is 9.53 Å². The number of benzene rings is 2. The van der Waals surface area contributed by atoms with E-state index in [-0.39, 0.29) is 5.78 Å². The summed E-state index contributed by atoms with van der Waals surface area (Å²) in [5.74, 6) is 0.770. The van der Waals surface area contributed by atoms with Gasteiger partial charge in [0.25, 0.3) is 0 Å². The number of Topliss-reactive ketones (excluding diaryl/α,β-unsaturated/α-hetero) is 1. The highest BCUT2D eigenvalue weighted by molar-refractivity contribution is 7.22. The molecule has 0 aliphatic heterocycles. The number of hydrogen-bond acceptors (Lipinski definition) is 6. The van der Waals surface area contributed by atoms with Crippen LogP contribution in [0.5, 0.6) is 0 Å². The lowest BCUT2D eigenvalue weighted by atomic mass is 10.1. The van der Waals surface area contributed by atoms with E-state index in [1.807, 2.05) is 48.0 Å². The number of rotatable bonds is 7. The van der Waals surface area contributed by atoms with Crippen molar-refractivity contribution in [2.24, 2.45) is 7.05 Å². The second-order valence-corrected chi connectivity index (χ2v) is 7.94. The van der Waals surface area contributed by atoms with E-state index in [0.29, 0.717) is 36.0 Å². The number of ketones is 1. The number of hydrogen-bond donors (Lipinski definition) is 1. The van der Waals surface area contributed by atoms with Crippen LogP contribution in [0.2, 0.25) is 5.02 Å². The average molecular weight is 415 g/mol. The first kappa shape index (κ1) is 18.9. The Morgan fingerprint density at radius 2 is 2.07 bits per heavy atom. The van der Waals surface area contributed by atoms with Gasteiger partial charge >= 0.3 is 0 Å². The Labute approximate surface area is 171 Å². The highest BCUT2D eigenvalue weighted by Gasteiger charge is 2.13. The van der Waals surface area contributed by atoms with E-state index in [9.17, 15) is 4.79 Å². The van der Waals surface area contributed by atoms with E-state index in [1.165, 1.54) is 11.3 Å². The molecule has 8 heteroatoms. The first-order valence-electron chi connectivity index (χ1n) is 8.87. The molecule has 0 saturated heterocycles. The number of imidazole rings is 1. The molecule has 4 rings (SSSR count). The molecule has 2 aromatic heterocycles. The molecule has 0 aliphatic carbocycles. The van der Waals surface area contributed by atoms with Crippen molar-refractivity contribution in [3.8, 4) is 0 Å². The molecule has 0 aliphatic rings. The molecule has 0 unspecified atom stereocenters. The van der Waals surface area contributed by atoms with Crippen LogP contribution in [0.15, 0.2) is 36.4 Å². The van der Waals surface area contributed by atoms with Gasteiger partial charge in [0.05, 0.1) is 21.3 Å². The molecule has 2 aromatic carbocycles. The number of thiazole rings is 1. The summed E-state index contributed by atoms with van der Waals surface area (Å²) in [4.78, 5) is 21.6. The number of aromatic nitrogens is 3. The first-order chi connectivity index (χ1) is 13.5. The van der Waals surface area contributed by atoms with E-state index in [0.717, 1.165) is 26.4 Å². The molecule has 1 N–H and O–H groups in total. The van der Waals surface area contributed by atoms with E-state index >= 15 is 0 Å². The SMILES string of the molecule is COCCCC(=O)c1ccc2c(c1)nc(Nc1nc3ccc(Cl)cc3s1)n2C. The lowest BCUT2D eigenvalue weighted by molar-refractivity contribution is 0.0963. The molecule has 6 nitrogen and oxygen atoms in total. The van der Waals surface area contributed by atoms with Gasteiger partial charge in [0.2, 0.25) is 5.95 Å². The topological polar surface area (TPSA) is 69.0 Å². The first-order valence-corrected chi connectivity index (χ1v) is 10.1. The average Bonchev–Trinajstić information content (AvgIpc) is 3.21. The summed E-state index contributed by atoms with van der Waals surface area (Å²) < 4.78 is 7.98. The molecule has 144 valence electrons. The number of methoxy groups -OCH3 is 1. The second kappa shape index (κ2) is 7.87. The summed E-state index contributed by atoms with van der Waals surface area (Å²) >= 11 is 7.57. The lowest BCUT2D eigenvalue weighted by Gasteiger charge is -2.03. The van der Waals surface area contributed by atoms with Crippen LogP contribution < -0.4 is 5.32 Å². The van der Waals surface area contributed by atoms with Crippen LogP contribution in [0.4, 0.5) is 11.1 Å². The second-order valence-electron chi connectivity index (χ2n) is 6.47. The monoisotopic (exact) mass is 414 g/mol. The molecule has 28 heavy (non-hydrogen) atoms. The minimum Gasteiger partial charge on any atom is -0.385 e. The number of aryl methyl sites for hydroxylation is 1. The number of fused-ring (bicyclic) bond motifs is 2. The summed E-state index contributed by atoms with van der Waals surface area (Å²) in [6.07, 6.45) is 1.18. The maximum atomic E-state index is 12.3. The Hall–Kier alpha value is -2.48. The Morgan fingerprint density at radius 1 is 1.21 bits per heavy atom. The fourth-order valence-electron chi connectivity index (χ4n) is 3.05.